The van der Waals surface area contributed by atoms with Crippen molar-refractivity contribution in [2.24, 2.45) is 10.9 Å². The topological polar surface area (TPSA) is 135 Å². The van der Waals surface area contributed by atoms with Crippen LogP contribution < -0.4 is 5.84 Å². The third-order valence-electron chi connectivity index (χ3n) is 4.80. The van der Waals surface area contributed by atoms with Crippen LogP contribution in [-0.4, -0.2) is 91.5 Å². The van der Waals surface area contributed by atoms with Gasteiger partial charge >= 0.3 is 5.97 Å². The molecule has 3 N–H and O–H groups in total. The van der Waals surface area contributed by atoms with Gasteiger partial charge in [0, 0.05) is 32.3 Å². The second-order valence-electron chi connectivity index (χ2n) is 6.90. The molecule has 1 saturated heterocycles. The first-order chi connectivity index (χ1) is 14.4. The second-order valence-corrected chi connectivity index (χ2v) is 6.90. The highest BCUT2D eigenvalue weighted by molar-refractivity contribution is 5.97. The Morgan fingerprint density at radius 1 is 1.26 bits per heavy atom. The number of amides is 2. The third-order valence-corrected chi connectivity index (χ3v) is 4.80. The number of hydrazone groups is 1. The molecule has 11 heteroatoms. The largest absolute Gasteiger partial charge is 0.480 e. The predicted octanol–water partition coefficient (Wildman–Crippen LogP) is 0.582. The molecule has 1 aliphatic rings. The molecule has 10 nitrogen and oxygen atoms in total. The number of hydrogen-bond acceptors (Lipinski definition) is 7. The zero-order chi connectivity index (χ0) is 21.9. The lowest BCUT2D eigenvalue weighted by atomic mass is 10.1. The number of likely N-dealkylation sites (tertiary alicyclic amines) is 1. The number of ether oxygens (including phenoxy) is 2. The number of nitrogens with two attached hydrogens (primary N) is 1. The average Bonchev–Trinajstić information content (AvgIpc) is 2.75. The normalized spacial score (nSPS) is 14.3. The SMILES string of the molecule is COCCN(CC(=O)N1CCC(OCC(=O)O)CC1)C(=O)c1ccc(C=NN)cc1.Cl. The maximum atomic E-state index is 12.9. The number of nitrogens with zero attached hydrogens (tertiary/aromatic N) is 3. The predicted molar refractivity (Wildman–Crippen MR) is 116 cm³/mol. The van der Waals surface area contributed by atoms with Gasteiger partial charge in [-0.05, 0) is 30.5 Å². The van der Waals surface area contributed by atoms with E-state index >= 15 is 0 Å². The van der Waals surface area contributed by atoms with Gasteiger partial charge in [0.2, 0.25) is 5.91 Å². The van der Waals surface area contributed by atoms with Gasteiger partial charge in [0.1, 0.15) is 13.2 Å². The number of hydrogen-bond donors (Lipinski definition) is 2. The summed E-state index contributed by atoms with van der Waals surface area (Å²) >= 11 is 0. The van der Waals surface area contributed by atoms with E-state index in [1.165, 1.54) is 18.2 Å². The summed E-state index contributed by atoms with van der Waals surface area (Å²) in [4.78, 5) is 39.4. The van der Waals surface area contributed by atoms with Crippen LogP contribution in [0.5, 0.6) is 0 Å². The Morgan fingerprint density at radius 3 is 2.45 bits per heavy atom. The van der Waals surface area contributed by atoms with E-state index in [0.717, 1.165) is 5.56 Å². The van der Waals surface area contributed by atoms with Crippen LogP contribution in [0, 0.1) is 0 Å². The number of carbonyl (C=O) groups excluding carboxylic acids is 2. The molecular weight excluding hydrogens is 428 g/mol. The quantitative estimate of drug-likeness (QED) is 0.298. The van der Waals surface area contributed by atoms with Gasteiger partial charge in [-0.15, -0.1) is 12.4 Å². The highest BCUT2D eigenvalue weighted by Crippen LogP contribution is 2.15. The summed E-state index contributed by atoms with van der Waals surface area (Å²) in [6.45, 7) is 1.11. The summed E-state index contributed by atoms with van der Waals surface area (Å²) < 4.78 is 10.4. The molecule has 0 aliphatic carbocycles. The lowest BCUT2D eigenvalue weighted by molar-refractivity contribution is -0.147. The van der Waals surface area contributed by atoms with Crippen LogP contribution in [0.3, 0.4) is 0 Å². The van der Waals surface area contributed by atoms with Gasteiger partial charge in [-0.25, -0.2) is 4.79 Å². The van der Waals surface area contributed by atoms with Crippen molar-refractivity contribution in [3.8, 4) is 0 Å². The molecule has 0 unspecified atom stereocenters. The summed E-state index contributed by atoms with van der Waals surface area (Å²) in [5.41, 5.74) is 1.22. The van der Waals surface area contributed by atoms with Crippen molar-refractivity contribution < 1.29 is 29.0 Å². The van der Waals surface area contributed by atoms with Crippen LogP contribution >= 0.6 is 12.4 Å². The van der Waals surface area contributed by atoms with Crippen molar-refractivity contribution in [1.82, 2.24) is 9.80 Å². The summed E-state index contributed by atoms with van der Waals surface area (Å²) in [5, 5.41) is 12.1. The number of rotatable bonds is 10. The van der Waals surface area contributed by atoms with Crippen LogP contribution in [0.25, 0.3) is 0 Å². The summed E-state index contributed by atoms with van der Waals surface area (Å²) in [6.07, 6.45) is 2.43. The molecule has 0 radical (unpaired) electrons. The molecule has 1 fully saturated rings. The van der Waals surface area contributed by atoms with Gasteiger partial charge in [0.25, 0.3) is 5.91 Å². The minimum atomic E-state index is -1.01. The first-order valence-corrected chi connectivity index (χ1v) is 9.67. The molecule has 0 saturated carbocycles. The molecule has 172 valence electrons. The van der Waals surface area contributed by atoms with Crippen LogP contribution in [-0.2, 0) is 19.1 Å². The van der Waals surface area contributed by atoms with Crippen LogP contribution in [0.1, 0.15) is 28.8 Å². The van der Waals surface area contributed by atoms with Gasteiger partial charge in [0.05, 0.1) is 18.9 Å². The number of aliphatic carboxylic acids is 1. The number of methoxy groups -OCH3 is 1. The van der Waals surface area contributed by atoms with Crippen molar-refractivity contribution in [2.45, 2.75) is 18.9 Å². The highest BCUT2D eigenvalue weighted by atomic mass is 35.5. The van der Waals surface area contributed by atoms with Gasteiger partial charge in [0.15, 0.2) is 0 Å². The van der Waals surface area contributed by atoms with E-state index in [-0.39, 0.29) is 50.0 Å². The van der Waals surface area contributed by atoms with Gasteiger partial charge in [-0.1, -0.05) is 12.1 Å². The van der Waals surface area contributed by atoms with Gasteiger partial charge < -0.3 is 30.2 Å². The van der Waals surface area contributed by atoms with Crippen molar-refractivity contribution in [1.29, 1.82) is 0 Å². The fourth-order valence-electron chi connectivity index (χ4n) is 3.16. The molecule has 2 rings (SSSR count). The molecule has 0 bridgehead atoms. The maximum absolute atomic E-state index is 12.9. The second kappa shape index (κ2) is 13.6. The Bertz CT molecular complexity index is 751. The Hall–Kier alpha value is -2.69. The number of halogens is 1. The smallest absolute Gasteiger partial charge is 0.329 e. The molecule has 31 heavy (non-hydrogen) atoms. The lowest BCUT2D eigenvalue weighted by Crippen LogP contribution is -2.47. The molecular formula is C20H29ClN4O6. The Morgan fingerprint density at radius 2 is 1.90 bits per heavy atom. The van der Waals surface area contributed by atoms with Gasteiger partial charge in [-0.3, -0.25) is 9.59 Å². The Balaban J connectivity index is 0.00000480. The molecule has 0 spiro atoms. The van der Waals surface area contributed by atoms with Crippen molar-refractivity contribution in [3.05, 3.63) is 35.4 Å². The van der Waals surface area contributed by atoms with E-state index in [2.05, 4.69) is 5.10 Å². The van der Waals surface area contributed by atoms with Crippen molar-refractivity contribution in [3.63, 3.8) is 0 Å². The van der Waals surface area contributed by atoms with Crippen molar-refractivity contribution >= 4 is 36.4 Å². The van der Waals surface area contributed by atoms with E-state index in [1.54, 1.807) is 29.2 Å². The average molecular weight is 457 g/mol. The first-order valence-electron chi connectivity index (χ1n) is 9.67. The lowest BCUT2D eigenvalue weighted by Gasteiger charge is -2.33. The standard InChI is InChI=1S/C20H28N4O6.ClH/c1-29-11-10-24(20(28)16-4-2-15(3-5-16)12-22-21)13-18(25)23-8-6-17(7-9-23)30-14-19(26)27;/h2-5,12,17H,6-11,13-14,21H2,1H3,(H,26,27);1H. The van der Waals surface area contributed by atoms with Crippen LogP contribution in [0.2, 0.25) is 0 Å². The monoisotopic (exact) mass is 456 g/mol. The van der Waals surface area contributed by atoms with Crippen LogP contribution in [0.15, 0.2) is 29.4 Å². The number of carboxylic acids is 1. The Kier molecular flexibility index (Phi) is 11.5. The highest BCUT2D eigenvalue weighted by Gasteiger charge is 2.26. The van der Waals surface area contributed by atoms with E-state index < -0.39 is 5.97 Å². The summed E-state index contributed by atoms with van der Waals surface area (Å²) in [7, 11) is 1.54. The minimum absolute atomic E-state index is 0. The molecule has 1 heterocycles. The Labute approximate surface area is 187 Å². The number of benzene rings is 1. The molecule has 2 amide bonds. The summed E-state index contributed by atoms with van der Waals surface area (Å²) in [6, 6.07) is 6.77. The summed E-state index contributed by atoms with van der Waals surface area (Å²) in [5.74, 6) is 3.69. The van der Waals surface area contributed by atoms with E-state index in [9.17, 15) is 14.4 Å². The number of carbonyl (C=O) groups is 3. The third kappa shape index (κ3) is 8.52. The molecule has 1 aliphatic heterocycles. The zero-order valence-corrected chi connectivity index (χ0v) is 18.3. The van der Waals surface area contributed by atoms with Crippen LogP contribution in [0.4, 0.5) is 0 Å². The first kappa shape index (κ1) is 26.3. The van der Waals surface area contributed by atoms with E-state index in [4.69, 9.17) is 20.4 Å². The molecule has 0 atom stereocenters. The van der Waals surface area contributed by atoms with E-state index in [1.807, 2.05) is 0 Å². The molecule has 1 aromatic rings. The van der Waals surface area contributed by atoms with E-state index in [0.29, 0.717) is 38.1 Å². The fourth-order valence-corrected chi connectivity index (χ4v) is 3.16. The number of carboxylic acid groups (broad SMARTS) is 1. The zero-order valence-electron chi connectivity index (χ0n) is 17.4. The molecule has 1 aromatic carbocycles. The maximum Gasteiger partial charge on any atom is 0.329 e. The van der Waals surface area contributed by atoms with Crippen molar-refractivity contribution in [2.75, 3.05) is 46.5 Å². The van der Waals surface area contributed by atoms with Gasteiger partial charge in [-0.2, -0.15) is 5.10 Å². The fraction of sp³-hybridized carbons (Fsp3) is 0.500. The number of piperidine rings is 1. The minimum Gasteiger partial charge on any atom is -0.480 e. The molecule has 0 aromatic heterocycles.